The highest BCUT2D eigenvalue weighted by atomic mass is 15.1. The van der Waals surface area contributed by atoms with Gasteiger partial charge in [0, 0.05) is 40.1 Å². The van der Waals surface area contributed by atoms with Gasteiger partial charge in [0.15, 0.2) is 0 Å². The molecule has 3 nitrogen and oxygen atoms in total. The van der Waals surface area contributed by atoms with Crippen LogP contribution < -0.4 is 0 Å². The lowest BCUT2D eigenvalue weighted by molar-refractivity contribution is 0.373. The lowest BCUT2D eigenvalue weighted by atomic mass is 9.73. The van der Waals surface area contributed by atoms with Crippen molar-refractivity contribution >= 4 is 21.8 Å². The molecule has 0 aliphatic carbocycles. The maximum atomic E-state index is 4.85. The summed E-state index contributed by atoms with van der Waals surface area (Å²) in [6, 6.07) is 34.7. The van der Waals surface area contributed by atoms with Crippen LogP contribution in [0.25, 0.3) is 44.6 Å². The molecule has 0 aliphatic heterocycles. The van der Waals surface area contributed by atoms with E-state index in [2.05, 4.69) is 140 Å². The van der Waals surface area contributed by atoms with E-state index in [-0.39, 0.29) is 5.41 Å². The average molecular weight is 470 g/mol. The van der Waals surface area contributed by atoms with Gasteiger partial charge >= 0.3 is 0 Å². The van der Waals surface area contributed by atoms with Gasteiger partial charge in [0.05, 0.1) is 11.0 Å². The number of rotatable bonds is 5. The molecule has 6 rings (SSSR count). The number of hydrogen-bond acceptors (Lipinski definition) is 1. The molecular weight excluding hydrogens is 438 g/mol. The summed E-state index contributed by atoms with van der Waals surface area (Å²) in [5.41, 5.74) is 7.25. The first-order valence-electron chi connectivity index (χ1n) is 12.7. The first-order chi connectivity index (χ1) is 17.5. The summed E-state index contributed by atoms with van der Waals surface area (Å²) in [6.07, 6.45) is 3.98. The normalized spacial score (nSPS) is 12.1. The molecule has 4 aromatic carbocycles. The van der Waals surface area contributed by atoms with Gasteiger partial charge in [-0.2, -0.15) is 0 Å². The largest absolute Gasteiger partial charge is 0.309 e. The smallest absolute Gasteiger partial charge is 0.144 e. The number of imidazole rings is 1. The number of fused-ring (bicyclic) bond motifs is 3. The van der Waals surface area contributed by atoms with Crippen LogP contribution in [0.15, 0.2) is 109 Å². The number of hydrogen-bond donors (Lipinski definition) is 0. The van der Waals surface area contributed by atoms with Gasteiger partial charge < -0.3 is 4.57 Å². The van der Waals surface area contributed by atoms with Gasteiger partial charge in [-0.05, 0) is 53.3 Å². The third-order valence-electron chi connectivity index (χ3n) is 7.89. The van der Waals surface area contributed by atoms with Crippen LogP contribution in [0.1, 0.15) is 33.3 Å². The SMILES string of the molecule is CC(C)C(C)(C)c1ccccc1-c1nccn1-c1ccc2c(c1)c1ccccc1n2-c1ccccc1. The Hall–Kier alpha value is -4.11. The zero-order chi connectivity index (χ0) is 24.9. The Labute approximate surface area is 212 Å². The highest BCUT2D eigenvalue weighted by molar-refractivity contribution is 6.09. The summed E-state index contributed by atoms with van der Waals surface area (Å²) in [7, 11) is 0. The summed E-state index contributed by atoms with van der Waals surface area (Å²) in [6.45, 7) is 9.24. The summed E-state index contributed by atoms with van der Waals surface area (Å²) < 4.78 is 4.58. The highest BCUT2D eigenvalue weighted by Crippen LogP contribution is 2.39. The van der Waals surface area contributed by atoms with Crippen molar-refractivity contribution in [1.29, 1.82) is 0 Å². The van der Waals surface area contributed by atoms with Gasteiger partial charge in [-0.3, -0.25) is 4.57 Å². The second-order valence-corrected chi connectivity index (χ2v) is 10.4. The van der Waals surface area contributed by atoms with E-state index in [0.29, 0.717) is 5.92 Å². The maximum Gasteiger partial charge on any atom is 0.144 e. The molecule has 0 aliphatic rings. The molecule has 36 heavy (non-hydrogen) atoms. The molecule has 178 valence electrons. The van der Waals surface area contributed by atoms with Crippen LogP contribution in [0.4, 0.5) is 0 Å². The second kappa shape index (κ2) is 8.53. The Morgan fingerprint density at radius 2 is 1.39 bits per heavy atom. The number of para-hydroxylation sites is 2. The lowest BCUT2D eigenvalue weighted by Crippen LogP contribution is -2.25. The number of benzene rings is 4. The molecule has 0 N–H and O–H groups in total. The molecule has 0 fully saturated rings. The molecule has 2 aromatic heterocycles. The first kappa shape index (κ1) is 22.4. The van der Waals surface area contributed by atoms with Gasteiger partial charge in [-0.25, -0.2) is 4.98 Å². The molecule has 3 heteroatoms. The van der Waals surface area contributed by atoms with Crippen LogP contribution >= 0.6 is 0 Å². The first-order valence-corrected chi connectivity index (χ1v) is 12.7. The monoisotopic (exact) mass is 469 g/mol. The van der Waals surface area contributed by atoms with Crippen molar-refractivity contribution in [3.05, 3.63) is 115 Å². The van der Waals surface area contributed by atoms with Crippen LogP contribution in [0, 0.1) is 5.92 Å². The van der Waals surface area contributed by atoms with Crippen LogP contribution in [-0.4, -0.2) is 14.1 Å². The van der Waals surface area contributed by atoms with E-state index in [1.807, 2.05) is 6.20 Å². The molecule has 0 saturated heterocycles. The molecule has 6 aromatic rings. The second-order valence-electron chi connectivity index (χ2n) is 10.4. The van der Waals surface area contributed by atoms with Crippen molar-refractivity contribution in [3.63, 3.8) is 0 Å². The summed E-state index contributed by atoms with van der Waals surface area (Å²) >= 11 is 0. The van der Waals surface area contributed by atoms with E-state index >= 15 is 0 Å². The molecule has 0 amide bonds. The third kappa shape index (κ3) is 3.46. The molecule has 0 bridgehead atoms. The minimum Gasteiger partial charge on any atom is -0.309 e. The van der Waals surface area contributed by atoms with E-state index < -0.39 is 0 Å². The van der Waals surface area contributed by atoms with E-state index in [9.17, 15) is 0 Å². The molecule has 0 saturated carbocycles. The van der Waals surface area contributed by atoms with Crippen molar-refractivity contribution in [3.8, 4) is 22.8 Å². The molecule has 0 radical (unpaired) electrons. The Morgan fingerprint density at radius 1 is 0.694 bits per heavy atom. The van der Waals surface area contributed by atoms with Crippen LogP contribution in [0.5, 0.6) is 0 Å². The van der Waals surface area contributed by atoms with Crippen molar-refractivity contribution in [2.75, 3.05) is 0 Å². The third-order valence-corrected chi connectivity index (χ3v) is 7.89. The summed E-state index contributed by atoms with van der Waals surface area (Å²) in [4.78, 5) is 4.85. The van der Waals surface area contributed by atoms with Crippen LogP contribution in [0.3, 0.4) is 0 Å². The van der Waals surface area contributed by atoms with Gasteiger partial charge in [-0.1, -0.05) is 88.4 Å². The molecule has 0 unspecified atom stereocenters. The number of nitrogens with zero attached hydrogens (tertiary/aromatic N) is 3. The van der Waals surface area contributed by atoms with Gasteiger partial charge in [0.2, 0.25) is 0 Å². The fraction of sp³-hybridized carbons (Fsp3) is 0.182. The van der Waals surface area contributed by atoms with E-state index in [0.717, 1.165) is 11.5 Å². The predicted octanol–water partition coefficient (Wildman–Crippen LogP) is 8.57. The highest BCUT2D eigenvalue weighted by Gasteiger charge is 2.28. The van der Waals surface area contributed by atoms with Crippen molar-refractivity contribution < 1.29 is 0 Å². The Morgan fingerprint density at radius 3 is 2.19 bits per heavy atom. The maximum absolute atomic E-state index is 4.85. The molecular formula is C33H31N3. The van der Waals surface area contributed by atoms with Gasteiger partial charge in [0.1, 0.15) is 5.82 Å². The Balaban J connectivity index is 1.56. The quantitative estimate of drug-likeness (QED) is 0.248. The average Bonchev–Trinajstić information content (AvgIpc) is 3.52. The topological polar surface area (TPSA) is 22.8 Å². The Bertz CT molecular complexity index is 1680. The number of aromatic nitrogens is 3. The van der Waals surface area contributed by atoms with Crippen LogP contribution in [0.2, 0.25) is 0 Å². The molecule has 2 heterocycles. The summed E-state index contributed by atoms with van der Waals surface area (Å²) in [5.74, 6) is 1.48. The van der Waals surface area contributed by atoms with Crippen LogP contribution in [-0.2, 0) is 5.41 Å². The van der Waals surface area contributed by atoms with Crippen molar-refractivity contribution in [2.24, 2.45) is 5.92 Å². The zero-order valence-electron chi connectivity index (χ0n) is 21.3. The molecule has 0 atom stereocenters. The molecule has 0 spiro atoms. The summed E-state index contributed by atoms with van der Waals surface area (Å²) in [5, 5.41) is 2.49. The lowest BCUT2D eigenvalue weighted by Gasteiger charge is -2.32. The zero-order valence-corrected chi connectivity index (χ0v) is 21.3. The van der Waals surface area contributed by atoms with Crippen molar-refractivity contribution in [2.45, 2.75) is 33.1 Å². The minimum atomic E-state index is 0.0282. The fourth-order valence-electron chi connectivity index (χ4n) is 5.23. The van der Waals surface area contributed by atoms with E-state index in [1.54, 1.807) is 0 Å². The predicted molar refractivity (Wildman–Crippen MR) is 151 cm³/mol. The van der Waals surface area contributed by atoms with Gasteiger partial charge in [0.25, 0.3) is 0 Å². The van der Waals surface area contributed by atoms with Gasteiger partial charge in [-0.15, -0.1) is 0 Å². The van der Waals surface area contributed by atoms with Crippen molar-refractivity contribution in [1.82, 2.24) is 14.1 Å². The fourth-order valence-corrected chi connectivity index (χ4v) is 5.23. The van der Waals surface area contributed by atoms with E-state index in [4.69, 9.17) is 4.98 Å². The minimum absolute atomic E-state index is 0.0282. The van der Waals surface area contributed by atoms with E-state index in [1.165, 1.54) is 38.6 Å². The standard InChI is InChI=1S/C33H31N3/c1-23(2)33(3,4)29-16-10-8-15-27(29)32-34-20-21-35(32)25-18-19-31-28(22-25)26-14-9-11-17-30(26)36(31)24-12-6-5-7-13-24/h5-23H,1-4H3. The Kier molecular flexibility index (Phi) is 5.30.